The van der Waals surface area contributed by atoms with Gasteiger partial charge in [0.1, 0.15) is 5.82 Å². The molecule has 0 saturated carbocycles. The van der Waals surface area contributed by atoms with Crippen molar-refractivity contribution in [1.29, 1.82) is 0 Å². The molecule has 2 aromatic rings. The highest BCUT2D eigenvalue weighted by atomic mass is 19.1. The second kappa shape index (κ2) is 7.86. The van der Waals surface area contributed by atoms with Crippen molar-refractivity contribution in [3.05, 3.63) is 70.0 Å². The van der Waals surface area contributed by atoms with Gasteiger partial charge in [0, 0.05) is 17.7 Å². The standard InChI is InChI=1S/C16H14FN3O5/c1-10(25-14-9-12(17)7-8-13(14)20(23)24)15(21)18-19-16(22)11-5-3-2-4-6-11/h2-10H,1H3,(H,18,21)(H,19,22)/t10-/m1/s1. The average Bonchev–Trinajstić information content (AvgIpc) is 2.59. The Hall–Kier alpha value is -3.49. The molecular weight excluding hydrogens is 333 g/mol. The molecule has 0 aliphatic carbocycles. The minimum Gasteiger partial charge on any atom is -0.474 e. The number of hydrogen-bond donors (Lipinski definition) is 2. The van der Waals surface area contributed by atoms with Gasteiger partial charge in [-0.3, -0.25) is 30.6 Å². The van der Waals surface area contributed by atoms with Crippen LogP contribution >= 0.6 is 0 Å². The van der Waals surface area contributed by atoms with Crippen molar-refractivity contribution in [2.75, 3.05) is 0 Å². The fourth-order valence-corrected chi connectivity index (χ4v) is 1.86. The van der Waals surface area contributed by atoms with E-state index >= 15 is 0 Å². The summed E-state index contributed by atoms with van der Waals surface area (Å²) >= 11 is 0. The predicted octanol–water partition coefficient (Wildman–Crippen LogP) is 1.96. The van der Waals surface area contributed by atoms with Crippen LogP contribution in [0.4, 0.5) is 10.1 Å². The molecule has 130 valence electrons. The summed E-state index contributed by atoms with van der Waals surface area (Å²) in [6, 6.07) is 10.8. The van der Waals surface area contributed by atoms with E-state index in [1.807, 2.05) is 0 Å². The molecule has 0 saturated heterocycles. The van der Waals surface area contributed by atoms with E-state index in [-0.39, 0.29) is 5.75 Å². The quantitative estimate of drug-likeness (QED) is 0.634. The fraction of sp³-hybridized carbons (Fsp3) is 0.125. The molecule has 25 heavy (non-hydrogen) atoms. The first-order valence-corrected chi connectivity index (χ1v) is 7.14. The van der Waals surface area contributed by atoms with Crippen molar-refractivity contribution >= 4 is 17.5 Å². The monoisotopic (exact) mass is 347 g/mol. The van der Waals surface area contributed by atoms with Gasteiger partial charge in [-0.2, -0.15) is 0 Å². The SMILES string of the molecule is C[C@@H](Oc1cc(F)ccc1[N+](=O)[O-])C(=O)NNC(=O)c1ccccc1. The molecule has 2 N–H and O–H groups in total. The van der Waals surface area contributed by atoms with E-state index in [9.17, 15) is 24.1 Å². The molecule has 0 radical (unpaired) electrons. The van der Waals surface area contributed by atoms with E-state index in [0.717, 1.165) is 18.2 Å². The summed E-state index contributed by atoms with van der Waals surface area (Å²) in [5, 5.41) is 10.9. The molecule has 0 unspecified atom stereocenters. The maximum atomic E-state index is 13.2. The molecule has 0 fully saturated rings. The number of nitrogens with zero attached hydrogens (tertiary/aromatic N) is 1. The van der Waals surface area contributed by atoms with Crippen molar-refractivity contribution in [3.63, 3.8) is 0 Å². The number of nitrogens with one attached hydrogen (secondary N) is 2. The van der Waals surface area contributed by atoms with Gasteiger partial charge >= 0.3 is 5.69 Å². The molecule has 8 nitrogen and oxygen atoms in total. The summed E-state index contributed by atoms with van der Waals surface area (Å²) in [5.74, 6) is -2.44. The van der Waals surface area contributed by atoms with Gasteiger partial charge in [0.25, 0.3) is 11.8 Å². The Kier molecular flexibility index (Phi) is 5.62. The highest BCUT2D eigenvalue weighted by Crippen LogP contribution is 2.28. The lowest BCUT2D eigenvalue weighted by Gasteiger charge is -2.15. The van der Waals surface area contributed by atoms with Crippen molar-refractivity contribution in [2.45, 2.75) is 13.0 Å². The topological polar surface area (TPSA) is 111 Å². The summed E-state index contributed by atoms with van der Waals surface area (Å²) in [7, 11) is 0. The van der Waals surface area contributed by atoms with Crippen LogP contribution in [0.3, 0.4) is 0 Å². The van der Waals surface area contributed by atoms with Gasteiger partial charge in [-0.15, -0.1) is 0 Å². The Morgan fingerprint density at radius 3 is 2.48 bits per heavy atom. The van der Waals surface area contributed by atoms with Gasteiger partial charge in [0.2, 0.25) is 5.75 Å². The molecular formula is C16H14FN3O5. The molecule has 9 heteroatoms. The minimum atomic E-state index is -1.21. The third-order valence-corrected chi connectivity index (χ3v) is 3.13. The Labute approximate surface area is 141 Å². The lowest BCUT2D eigenvalue weighted by Crippen LogP contribution is -2.47. The van der Waals surface area contributed by atoms with Crippen LogP contribution in [0.2, 0.25) is 0 Å². The largest absolute Gasteiger partial charge is 0.474 e. The molecule has 1 atom stereocenters. The molecule has 0 bridgehead atoms. The molecule has 0 aliphatic rings. The van der Waals surface area contributed by atoms with Crippen LogP contribution < -0.4 is 15.6 Å². The fourth-order valence-electron chi connectivity index (χ4n) is 1.86. The van der Waals surface area contributed by atoms with E-state index in [1.54, 1.807) is 30.3 Å². The zero-order chi connectivity index (χ0) is 18.4. The van der Waals surface area contributed by atoms with Crippen LogP contribution in [-0.4, -0.2) is 22.8 Å². The number of hydrazine groups is 1. The summed E-state index contributed by atoms with van der Waals surface area (Å²) in [6.45, 7) is 1.30. The highest BCUT2D eigenvalue weighted by Gasteiger charge is 2.22. The Bertz CT molecular complexity index is 798. The first-order chi connectivity index (χ1) is 11.9. The van der Waals surface area contributed by atoms with E-state index in [2.05, 4.69) is 10.9 Å². The number of nitro groups is 1. The Morgan fingerprint density at radius 2 is 1.84 bits per heavy atom. The van der Waals surface area contributed by atoms with Crippen LogP contribution in [0, 0.1) is 15.9 Å². The van der Waals surface area contributed by atoms with Gasteiger partial charge < -0.3 is 4.74 Å². The summed E-state index contributed by atoms with van der Waals surface area (Å²) in [5.41, 5.74) is 4.18. The maximum Gasteiger partial charge on any atom is 0.311 e. The first kappa shape index (κ1) is 17.9. The second-order valence-corrected chi connectivity index (χ2v) is 4.94. The number of hydrogen-bond acceptors (Lipinski definition) is 5. The van der Waals surface area contributed by atoms with Crippen LogP contribution in [0.25, 0.3) is 0 Å². The Balaban J connectivity index is 1.98. The van der Waals surface area contributed by atoms with E-state index in [4.69, 9.17) is 4.74 Å². The van der Waals surface area contributed by atoms with Gasteiger partial charge in [0.05, 0.1) is 4.92 Å². The third-order valence-electron chi connectivity index (χ3n) is 3.13. The molecule has 2 aromatic carbocycles. The van der Waals surface area contributed by atoms with Crippen LogP contribution in [-0.2, 0) is 4.79 Å². The Morgan fingerprint density at radius 1 is 1.16 bits per heavy atom. The molecule has 0 spiro atoms. The molecule has 0 aromatic heterocycles. The van der Waals surface area contributed by atoms with Crippen LogP contribution in [0.15, 0.2) is 48.5 Å². The number of halogens is 1. The van der Waals surface area contributed by atoms with Crippen molar-refractivity contribution < 1.29 is 23.6 Å². The smallest absolute Gasteiger partial charge is 0.311 e. The third kappa shape index (κ3) is 4.74. The van der Waals surface area contributed by atoms with Crippen molar-refractivity contribution in [1.82, 2.24) is 10.9 Å². The number of benzene rings is 2. The van der Waals surface area contributed by atoms with Crippen molar-refractivity contribution in [2.24, 2.45) is 0 Å². The van der Waals surface area contributed by atoms with E-state index < -0.39 is 34.3 Å². The maximum absolute atomic E-state index is 13.2. The molecule has 0 heterocycles. The second-order valence-electron chi connectivity index (χ2n) is 4.94. The van der Waals surface area contributed by atoms with Gasteiger partial charge in [-0.25, -0.2) is 4.39 Å². The lowest BCUT2D eigenvalue weighted by molar-refractivity contribution is -0.386. The highest BCUT2D eigenvalue weighted by molar-refractivity contribution is 5.95. The zero-order valence-corrected chi connectivity index (χ0v) is 13.1. The van der Waals surface area contributed by atoms with E-state index in [1.165, 1.54) is 6.92 Å². The lowest BCUT2D eigenvalue weighted by atomic mass is 10.2. The van der Waals surface area contributed by atoms with Crippen LogP contribution in [0.5, 0.6) is 5.75 Å². The van der Waals surface area contributed by atoms with Crippen molar-refractivity contribution in [3.8, 4) is 5.75 Å². The molecule has 2 rings (SSSR count). The normalized spacial score (nSPS) is 11.3. The minimum absolute atomic E-state index is 0.331. The average molecular weight is 347 g/mol. The number of ether oxygens (including phenoxy) is 1. The van der Waals surface area contributed by atoms with Crippen LogP contribution in [0.1, 0.15) is 17.3 Å². The predicted molar refractivity (Wildman–Crippen MR) is 85.2 cm³/mol. The van der Waals surface area contributed by atoms with Gasteiger partial charge in [-0.05, 0) is 25.1 Å². The van der Waals surface area contributed by atoms with Gasteiger partial charge in [0.15, 0.2) is 6.10 Å². The first-order valence-electron chi connectivity index (χ1n) is 7.14. The summed E-state index contributed by atoms with van der Waals surface area (Å²) in [6.07, 6.45) is -1.21. The molecule has 2 amide bonds. The number of rotatable bonds is 5. The van der Waals surface area contributed by atoms with Gasteiger partial charge in [-0.1, -0.05) is 18.2 Å². The summed E-state index contributed by atoms with van der Waals surface area (Å²) in [4.78, 5) is 33.9. The number of amides is 2. The number of carbonyl (C=O) groups excluding carboxylic acids is 2. The van der Waals surface area contributed by atoms with E-state index in [0.29, 0.717) is 5.56 Å². The number of nitro benzene ring substituents is 1. The zero-order valence-electron chi connectivity index (χ0n) is 13.1. The summed E-state index contributed by atoms with van der Waals surface area (Å²) < 4.78 is 18.4. The number of carbonyl (C=O) groups is 2. The molecule has 0 aliphatic heterocycles.